The molecule has 3 rings (SSSR count). The van der Waals surface area contributed by atoms with Crippen molar-refractivity contribution in [3.8, 4) is 0 Å². The van der Waals surface area contributed by atoms with E-state index in [1.165, 1.54) is 0 Å². The lowest BCUT2D eigenvalue weighted by Gasteiger charge is -2.33. The summed E-state index contributed by atoms with van der Waals surface area (Å²) in [6.45, 7) is 3.61. The molecule has 0 atom stereocenters. The Morgan fingerprint density at radius 1 is 1.10 bits per heavy atom. The molecule has 2 saturated heterocycles. The van der Waals surface area contributed by atoms with Crippen molar-refractivity contribution in [3.05, 3.63) is 18.5 Å². The fourth-order valence-corrected chi connectivity index (χ4v) is 2.86. The van der Waals surface area contributed by atoms with Gasteiger partial charge < -0.3 is 15.1 Å². The highest BCUT2D eigenvalue weighted by Gasteiger charge is 2.25. The first kappa shape index (κ1) is 13.1. The van der Waals surface area contributed by atoms with Crippen LogP contribution in [0.5, 0.6) is 0 Å². The Kier molecular flexibility index (Phi) is 3.99. The van der Waals surface area contributed by atoms with Crippen molar-refractivity contribution in [1.29, 1.82) is 0 Å². The fraction of sp³-hybridized carbons (Fsp3) is 0.643. The Balaban J connectivity index is 1.47. The van der Waals surface area contributed by atoms with Crippen LogP contribution in [0.1, 0.15) is 25.7 Å². The van der Waals surface area contributed by atoms with Crippen molar-refractivity contribution >= 4 is 12.0 Å². The van der Waals surface area contributed by atoms with Crippen molar-refractivity contribution in [2.75, 3.05) is 31.1 Å². The predicted molar refractivity (Wildman–Crippen MR) is 76.6 cm³/mol. The highest BCUT2D eigenvalue weighted by Crippen LogP contribution is 2.16. The largest absolute Gasteiger partial charge is 0.341 e. The zero-order valence-corrected chi connectivity index (χ0v) is 11.7. The van der Waals surface area contributed by atoms with Crippen molar-refractivity contribution in [2.24, 2.45) is 0 Å². The van der Waals surface area contributed by atoms with E-state index in [1.807, 2.05) is 11.0 Å². The first-order valence-electron chi connectivity index (χ1n) is 7.40. The quantitative estimate of drug-likeness (QED) is 0.882. The average Bonchev–Trinajstić information content (AvgIpc) is 3.03. The zero-order chi connectivity index (χ0) is 13.8. The molecule has 0 saturated carbocycles. The second-order valence-electron chi connectivity index (χ2n) is 5.45. The van der Waals surface area contributed by atoms with Gasteiger partial charge in [-0.3, -0.25) is 0 Å². The number of likely N-dealkylation sites (tertiary alicyclic amines) is 1. The maximum atomic E-state index is 12.0. The molecular weight excluding hydrogens is 254 g/mol. The normalized spacial score (nSPS) is 20.2. The highest BCUT2D eigenvalue weighted by atomic mass is 16.2. The molecule has 2 fully saturated rings. The van der Waals surface area contributed by atoms with E-state index in [-0.39, 0.29) is 12.1 Å². The predicted octanol–water partition coefficient (Wildman–Crippen LogP) is 1.25. The topological polar surface area (TPSA) is 61.4 Å². The lowest BCUT2D eigenvalue weighted by Crippen LogP contribution is -2.48. The molecule has 0 bridgehead atoms. The van der Waals surface area contributed by atoms with E-state index in [0.29, 0.717) is 0 Å². The number of hydrogen-bond donors (Lipinski definition) is 1. The number of carbonyl (C=O) groups excluding carboxylic acids is 1. The van der Waals surface area contributed by atoms with Gasteiger partial charge in [0.05, 0.1) is 0 Å². The van der Waals surface area contributed by atoms with Gasteiger partial charge in [-0.05, 0) is 31.7 Å². The third-order valence-electron chi connectivity index (χ3n) is 4.05. The Morgan fingerprint density at radius 2 is 1.75 bits per heavy atom. The second-order valence-corrected chi connectivity index (χ2v) is 5.45. The number of nitrogens with zero attached hydrogens (tertiary/aromatic N) is 4. The molecule has 2 aliphatic heterocycles. The molecule has 6 heteroatoms. The number of piperidine rings is 1. The highest BCUT2D eigenvalue weighted by molar-refractivity contribution is 5.74. The lowest BCUT2D eigenvalue weighted by molar-refractivity contribution is 0.202. The van der Waals surface area contributed by atoms with E-state index in [0.717, 1.165) is 57.8 Å². The van der Waals surface area contributed by atoms with Gasteiger partial charge in [0.1, 0.15) is 0 Å². The van der Waals surface area contributed by atoms with Crippen LogP contribution < -0.4 is 10.2 Å². The third-order valence-corrected chi connectivity index (χ3v) is 4.05. The van der Waals surface area contributed by atoms with Crippen molar-refractivity contribution in [1.82, 2.24) is 20.2 Å². The monoisotopic (exact) mass is 275 g/mol. The first-order valence-corrected chi connectivity index (χ1v) is 7.40. The Bertz CT molecular complexity index is 438. The summed E-state index contributed by atoms with van der Waals surface area (Å²) >= 11 is 0. The number of urea groups is 1. The van der Waals surface area contributed by atoms with E-state index in [2.05, 4.69) is 20.2 Å². The molecule has 0 aromatic carbocycles. The van der Waals surface area contributed by atoms with Crippen LogP contribution in [0, 0.1) is 0 Å². The van der Waals surface area contributed by atoms with Gasteiger partial charge in [0.25, 0.3) is 0 Å². The standard InChI is InChI=1S/C14H21N5O/c20-14(19-8-1-2-9-19)17-12-4-10-18(11-5-12)13-15-6-3-7-16-13/h3,6-7,12H,1-2,4-5,8-11H2,(H,17,20). The number of aromatic nitrogens is 2. The maximum Gasteiger partial charge on any atom is 0.317 e. The van der Waals surface area contributed by atoms with Crippen LogP contribution >= 0.6 is 0 Å². The summed E-state index contributed by atoms with van der Waals surface area (Å²) in [7, 11) is 0. The number of amides is 2. The average molecular weight is 275 g/mol. The molecule has 0 unspecified atom stereocenters. The SMILES string of the molecule is O=C(NC1CCN(c2ncccn2)CC1)N1CCCC1. The second kappa shape index (κ2) is 6.07. The van der Waals surface area contributed by atoms with E-state index in [1.54, 1.807) is 12.4 Å². The van der Waals surface area contributed by atoms with Gasteiger partial charge in [0.2, 0.25) is 5.95 Å². The Labute approximate surface area is 119 Å². The molecule has 1 aromatic heterocycles. The summed E-state index contributed by atoms with van der Waals surface area (Å²) in [6.07, 6.45) is 7.72. The van der Waals surface area contributed by atoms with Crippen molar-refractivity contribution < 1.29 is 4.79 Å². The minimum atomic E-state index is 0.108. The van der Waals surface area contributed by atoms with Gasteiger partial charge in [-0.2, -0.15) is 0 Å². The van der Waals surface area contributed by atoms with Crippen LogP contribution in [0.25, 0.3) is 0 Å². The summed E-state index contributed by atoms with van der Waals surface area (Å²) in [5.41, 5.74) is 0. The van der Waals surface area contributed by atoms with Crippen LogP contribution in [-0.2, 0) is 0 Å². The summed E-state index contributed by atoms with van der Waals surface area (Å²) < 4.78 is 0. The zero-order valence-electron chi connectivity index (χ0n) is 11.7. The smallest absolute Gasteiger partial charge is 0.317 e. The van der Waals surface area contributed by atoms with Gasteiger partial charge in [-0.1, -0.05) is 0 Å². The van der Waals surface area contributed by atoms with E-state index in [4.69, 9.17) is 0 Å². The van der Waals surface area contributed by atoms with E-state index >= 15 is 0 Å². The molecule has 108 valence electrons. The molecule has 20 heavy (non-hydrogen) atoms. The van der Waals surface area contributed by atoms with E-state index in [9.17, 15) is 4.79 Å². The van der Waals surface area contributed by atoms with Gasteiger partial charge >= 0.3 is 6.03 Å². The number of nitrogens with one attached hydrogen (secondary N) is 1. The summed E-state index contributed by atoms with van der Waals surface area (Å²) in [4.78, 5) is 24.7. The molecule has 0 spiro atoms. The van der Waals surface area contributed by atoms with E-state index < -0.39 is 0 Å². The molecular formula is C14H21N5O. The molecule has 2 aliphatic rings. The van der Waals surface area contributed by atoms with Gasteiger partial charge in [0, 0.05) is 44.6 Å². The van der Waals surface area contributed by atoms with Crippen LogP contribution in [-0.4, -0.2) is 53.1 Å². The lowest BCUT2D eigenvalue weighted by atomic mass is 10.1. The van der Waals surface area contributed by atoms with Gasteiger partial charge in [-0.15, -0.1) is 0 Å². The molecule has 1 N–H and O–H groups in total. The Hall–Kier alpha value is -1.85. The summed E-state index contributed by atoms with van der Waals surface area (Å²) in [5.74, 6) is 0.789. The molecule has 3 heterocycles. The minimum absolute atomic E-state index is 0.108. The number of hydrogen-bond acceptors (Lipinski definition) is 4. The maximum absolute atomic E-state index is 12.0. The van der Waals surface area contributed by atoms with Crippen molar-refractivity contribution in [2.45, 2.75) is 31.7 Å². The van der Waals surface area contributed by atoms with Crippen LogP contribution in [0.3, 0.4) is 0 Å². The molecule has 0 radical (unpaired) electrons. The fourth-order valence-electron chi connectivity index (χ4n) is 2.86. The number of carbonyl (C=O) groups is 1. The van der Waals surface area contributed by atoms with Crippen molar-refractivity contribution in [3.63, 3.8) is 0 Å². The van der Waals surface area contributed by atoms with Gasteiger partial charge in [0.15, 0.2) is 0 Å². The minimum Gasteiger partial charge on any atom is -0.341 e. The Morgan fingerprint density at radius 3 is 2.40 bits per heavy atom. The molecule has 6 nitrogen and oxygen atoms in total. The summed E-state index contributed by atoms with van der Waals surface area (Å²) in [5, 5.41) is 3.15. The third kappa shape index (κ3) is 3.00. The number of rotatable bonds is 2. The molecule has 2 amide bonds. The van der Waals surface area contributed by atoms with Crippen LogP contribution in [0.15, 0.2) is 18.5 Å². The molecule has 1 aromatic rings. The summed E-state index contributed by atoms with van der Waals surface area (Å²) in [6, 6.07) is 2.21. The van der Waals surface area contributed by atoms with Gasteiger partial charge in [-0.25, -0.2) is 14.8 Å². The first-order chi connectivity index (χ1) is 9.83. The number of anilines is 1. The molecule has 0 aliphatic carbocycles. The van der Waals surface area contributed by atoms with Crippen LogP contribution in [0.4, 0.5) is 10.7 Å². The van der Waals surface area contributed by atoms with Crippen LogP contribution in [0.2, 0.25) is 0 Å².